The number of aromatic nitrogens is 1. The van der Waals surface area contributed by atoms with Crippen molar-refractivity contribution in [2.75, 3.05) is 12.8 Å². The summed E-state index contributed by atoms with van der Waals surface area (Å²) in [5.74, 6) is 0.0891. The number of carbonyl (C=O) groups excluding carboxylic acids is 1. The average Bonchev–Trinajstić information content (AvgIpc) is 2.48. The van der Waals surface area contributed by atoms with Gasteiger partial charge in [-0.05, 0) is 29.7 Å². The number of hydrogen-bond acceptors (Lipinski definition) is 5. The van der Waals surface area contributed by atoms with Crippen LogP contribution in [0, 0.1) is 0 Å². The number of rotatable bonds is 4. The topological polar surface area (TPSA) is 91.2 Å². The Hall–Kier alpha value is -1.82. The van der Waals surface area contributed by atoms with E-state index >= 15 is 0 Å². The van der Waals surface area contributed by atoms with Crippen molar-refractivity contribution >= 4 is 36.6 Å². The fourth-order valence-electron chi connectivity index (χ4n) is 1.90. The third-order valence-electron chi connectivity index (χ3n) is 3.03. The minimum atomic E-state index is -0.635. The van der Waals surface area contributed by atoms with Gasteiger partial charge in [0.15, 0.2) is 0 Å². The van der Waals surface area contributed by atoms with Crippen LogP contribution in [0.4, 0.5) is 5.82 Å². The number of pyridine rings is 1. The van der Waals surface area contributed by atoms with Crippen LogP contribution in [0.25, 0.3) is 11.1 Å². The Labute approximate surface area is 141 Å². The molecule has 7 heteroatoms. The summed E-state index contributed by atoms with van der Waals surface area (Å²) in [6, 6.07) is 10.8. The van der Waals surface area contributed by atoms with Crippen LogP contribution in [0.3, 0.4) is 0 Å². The molecule has 5 nitrogen and oxygen atoms in total. The summed E-state index contributed by atoms with van der Waals surface area (Å²) in [6.07, 6.45) is 2.18. The number of benzene rings is 1. The maximum Gasteiger partial charge on any atom is 0.322 e. The Morgan fingerprint density at radius 1 is 1.14 bits per heavy atom. The van der Waals surface area contributed by atoms with E-state index in [0.29, 0.717) is 12.2 Å². The second kappa shape index (κ2) is 9.25. The second-order valence-corrected chi connectivity index (χ2v) is 4.50. The third-order valence-corrected chi connectivity index (χ3v) is 3.03. The largest absolute Gasteiger partial charge is 0.468 e. The van der Waals surface area contributed by atoms with Crippen LogP contribution in [0.15, 0.2) is 42.6 Å². The van der Waals surface area contributed by atoms with Crippen LogP contribution >= 0.6 is 24.8 Å². The number of nitrogen functional groups attached to an aromatic ring is 1. The fraction of sp³-hybridized carbons (Fsp3) is 0.200. The smallest absolute Gasteiger partial charge is 0.322 e. The van der Waals surface area contributed by atoms with E-state index in [-0.39, 0.29) is 24.8 Å². The highest BCUT2D eigenvalue weighted by Gasteiger charge is 2.14. The fourth-order valence-corrected chi connectivity index (χ4v) is 1.90. The highest BCUT2D eigenvalue weighted by Crippen LogP contribution is 2.20. The van der Waals surface area contributed by atoms with E-state index in [1.807, 2.05) is 30.3 Å². The highest BCUT2D eigenvalue weighted by molar-refractivity contribution is 5.85. The number of ether oxygens (including phenoxy) is 1. The molecule has 0 bridgehead atoms. The zero-order chi connectivity index (χ0) is 14.5. The molecule has 0 saturated carbocycles. The molecule has 2 rings (SSSR count). The molecule has 4 N–H and O–H groups in total. The molecule has 0 radical (unpaired) electrons. The van der Waals surface area contributed by atoms with Gasteiger partial charge in [0.1, 0.15) is 11.9 Å². The second-order valence-electron chi connectivity index (χ2n) is 4.50. The van der Waals surface area contributed by atoms with Gasteiger partial charge in [-0.1, -0.05) is 24.3 Å². The first-order valence-corrected chi connectivity index (χ1v) is 6.24. The summed E-state index contributed by atoms with van der Waals surface area (Å²) in [7, 11) is 1.33. The van der Waals surface area contributed by atoms with Gasteiger partial charge in [0.05, 0.1) is 7.11 Å². The molecule has 0 aliphatic heterocycles. The first kappa shape index (κ1) is 20.2. The highest BCUT2D eigenvalue weighted by atomic mass is 35.5. The lowest BCUT2D eigenvalue weighted by Crippen LogP contribution is -2.33. The van der Waals surface area contributed by atoms with Crippen LogP contribution < -0.4 is 11.5 Å². The van der Waals surface area contributed by atoms with Crippen LogP contribution in [0.2, 0.25) is 0 Å². The molecule has 1 unspecified atom stereocenters. The average molecular weight is 344 g/mol. The SMILES string of the molecule is COC(=O)C(N)Cc1ccc(-c2ccc(N)nc2)cc1.Cl.Cl. The quantitative estimate of drug-likeness (QED) is 0.830. The third kappa shape index (κ3) is 5.18. The standard InChI is InChI=1S/C15H17N3O2.2ClH/c1-20-15(19)13(16)8-10-2-4-11(5-3-10)12-6-7-14(17)18-9-12;;/h2-7,9,13H,8,16H2,1H3,(H2,17,18);2*1H. The van der Waals surface area contributed by atoms with Gasteiger partial charge < -0.3 is 16.2 Å². The van der Waals surface area contributed by atoms with Crippen molar-refractivity contribution in [3.63, 3.8) is 0 Å². The van der Waals surface area contributed by atoms with Gasteiger partial charge in [0, 0.05) is 11.8 Å². The van der Waals surface area contributed by atoms with Gasteiger partial charge in [0.25, 0.3) is 0 Å². The number of anilines is 1. The number of carbonyl (C=O) groups is 1. The summed E-state index contributed by atoms with van der Waals surface area (Å²) in [5.41, 5.74) is 14.3. The number of nitrogens with zero attached hydrogens (tertiary/aromatic N) is 1. The van der Waals surface area contributed by atoms with Crippen molar-refractivity contribution in [2.45, 2.75) is 12.5 Å². The van der Waals surface area contributed by atoms with Crippen molar-refractivity contribution < 1.29 is 9.53 Å². The minimum absolute atomic E-state index is 0. The summed E-state index contributed by atoms with van der Waals surface area (Å²) in [5, 5.41) is 0. The molecule has 1 aromatic heterocycles. The van der Waals surface area contributed by atoms with Crippen molar-refractivity contribution in [3.8, 4) is 11.1 Å². The summed E-state index contributed by atoms with van der Waals surface area (Å²) in [6.45, 7) is 0. The molecule has 1 aromatic carbocycles. The summed E-state index contributed by atoms with van der Waals surface area (Å²) < 4.78 is 4.60. The van der Waals surface area contributed by atoms with Gasteiger partial charge in [0.2, 0.25) is 0 Å². The predicted molar refractivity (Wildman–Crippen MR) is 92.3 cm³/mol. The summed E-state index contributed by atoms with van der Waals surface area (Å²) >= 11 is 0. The molecule has 1 heterocycles. The molecule has 22 heavy (non-hydrogen) atoms. The van der Waals surface area contributed by atoms with Crippen molar-refractivity contribution in [1.29, 1.82) is 0 Å². The molecule has 120 valence electrons. The molecule has 0 aliphatic carbocycles. The predicted octanol–water partition coefficient (Wildman–Crippen LogP) is 2.22. The van der Waals surface area contributed by atoms with Gasteiger partial charge in [-0.3, -0.25) is 4.79 Å². The normalized spacial score (nSPS) is 10.8. The maximum absolute atomic E-state index is 11.3. The first-order valence-electron chi connectivity index (χ1n) is 6.24. The Bertz CT molecular complexity index is 589. The van der Waals surface area contributed by atoms with E-state index in [9.17, 15) is 4.79 Å². The van der Waals surface area contributed by atoms with Gasteiger partial charge >= 0.3 is 5.97 Å². The number of nitrogens with two attached hydrogens (primary N) is 2. The number of esters is 1. The van der Waals surface area contributed by atoms with E-state index in [2.05, 4.69) is 9.72 Å². The molecule has 0 spiro atoms. The number of hydrogen-bond donors (Lipinski definition) is 2. The van der Waals surface area contributed by atoms with E-state index in [0.717, 1.165) is 16.7 Å². The van der Waals surface area contributed by atoms with Crippen LogP contribution in [0.1, 0.15) is 5.56 Å². The molecule has 0 aliphatic rings. The van der Waals surface area contributed by atoms with E-state index in [1.54, 1.807) is 12.3 Å². The first-order chi connectivity index (χ1) is 9.60. The van der Waals surface area contributed by atoms with Crippen LogP contribution in [0.5, 0.6) is 0 Å². The zero-order valence-electron chi connectivity index (χ0n) is 12.1. The number of halogens is 2. The lowest BCUT2D eigenvalue weighted by molar-refractivity contribution is -0.142. The van der Waals surface area contributed by atoms with Gasteiger partial charge in [-0.25, -0.2) is 4.98 Å². The van der Waals surface area contributed by atoms with Crippen molar-refractivity contribution in [1.82, 2.24) is 4.98 Å². The van der Waals surface area contributed by atoms with Crippen LogP contribution in [-0.4, -0.2) is 24.1 Å². The molecule has 0 fully saturated rings. The number of methoxy groups -OCH3 is 1. The lowest BCUT2D eigenvalue weighted by Gasteiger charge is -2.09. The van der Waals surface area contributed by atoms with Gasteiger partial charge in [-0.15, -0.1) is 24.8 Å². The maximum atomic E-state index is 11.3. The molecule has 0 amide bonds. The van der Waals surface area contributed by atoms with Crippen molar-refractivity contribution in [2.24, 2.45) is 5.73 Å². The Morgan fingerprint density at radius 2 is 1.73 bits per heavy atom. The minimum Gasteiger partial charge on any atom is -0.468 e. The van der Waals surface area contributed by atoms with E-state index in [1.165, 1.54) is 7.11 Å². The molecule has 1 atom stereocenters. The lowest BCUT2D eigenvalue weighted by atomic mass is 10.0. The summed E-state index contributed by atoms with van der Waals surface area (Å²) in [4.78, 5) is 15.3. The molecule has 2 aromatic rings. The van der Waals surface area contributed by atoms with Crippen LogP contribution in [-0.2, 0) is 16.0 Å². The molecular formula is C15H19Cl2N3O2. The van der Waals surface area contributed by atoms with E-state index in [4.69, 9.17) is 11.5 Å². The Kier molecular flexibility index (Phi) is 8.48. The molecule has 0 saturated heterocycles. The zero-order valence-corrected chi connectivity index (χ0v) is 13.7. The van der Waals surface area contributed by atoms with E-state index < -0.39 is 12.0 Å². The molecular weight excluding hydrogens is 325 g/mol. The van der Waals surface area contributed by atoms with Crippen molar-refractivity contribution in [3.05, 3.63) is 48.2 Å². The van der Waals surface area contributed by atoms with Gasteiger partial charge in [-0.2, -0.15) is 0 Å². The Balaban J connectivity index is 0.00000220. The Morgan fingerprint density at radius 3 is 2.23 bits per heavy atom. The monoisotopic (exact) mass is 343 g/mol.